The highest BCUT2D eigenvalue weighted by molar-refractivity contribution is 5.74. The van der Waals surface area contributed by atoms with Gasteiger partial charge in [-0.05, 0) is 38.5 Å². The lowest BCUT2D eigenvalue weighted by atomic mass is 9.89. The summed E-state index contributed by atoms with van der Waals surface area (Å²) in [7, 11) is 0. The lowest BCUT2D eigenvalue weighted by molar-refractivity contribution is 0.0957. The van der Waals surface area contributed by atoms with Gasteiger partial charge in [-0.3, -0.25) is 0 Å². The SMILES string of the molecule is CCOC(=O)N1CCC(NC(=O)NCC2CCCCC2)CC1. The molecule has 1 aliphatic heterocycles. The molecule has 22 heavy (non-hydrogen) atoms. The molecule has 0 spiro atoms. The van der Waals surface area contributed by atoms with Gasteiger partial charge in [0.05, 0.1) is 6.61 Å². The minimum Gasteiger partial charge on any atom is -0.450 e. The summed E-state index contributed by atoms with van der Waals surface area (Å²) in [6, 6.07) is 0.0807. The first-order chi connectivity index (χ1) is 10.7. The zero-order valence-corrected chi connectivity index (χ0v) is 13.6. The van der Waals surface area contributed by atoms with Gasteiger partial charge < -0.3 is 20.3 Å². The van der Waals surface area contributed by atoms with E-state index < -0.39 is 0 Å². The van der Waals surface area contributed by atoms with Crippen LogP contribution in [0.5, 0.6) is 0 Å². The monoisotopic (exact) mass is 311 g/mol. The first kappa shape index (κ1) is 16.9. The maximum atomic E-state index is 11.9. The molecule has 0 atom stereocenters. The highest BCUT2D eigenvalue weighted by atomic mass is 16.6. The zero-order valence-electron chi connectivity index (χ0n) is 13.6. The molecule has 1 aliphatic carbocycles. The van der Waals surface area contributed by atoms with Crippen molar-refractivity contribution >= 4 is 12.1 Å². The van der Waals surface area contributed by atoms with Gasteiger partial charge in [0.1, 0.15) is 0 Å². The van der Waals surface area contributed by atoms with Crippen LogP contribution in [0.3, 0.4) is 0 Å². The maximum Gasteiger partial charge on any atom is 0.409 e. The van der Waals surface area contributed by atoms with E-state index in [1.54, 1.807) is 4.90 Å². The molecule has 3 amide bonds. The van der Waals surface area contributed by atoms with Gasteiger partial charge in [0.2, 0.25) is 0 Å². The summed E-state index contributed by atoms with van der Waals surface area (Å²) in [6.07, 6.45) is 7.71. The van der Waals surface area contributed by atoms with Crippen LogP contribution in [0.25, 0.3) is 0 Å². The number of rotatable bonds is 4. The molecule has 1 saturated heterocycles. The Morgan fingerprint density at radius 1 is 1.09 bits per heavy atom. The second-order valence-corrected chi connectivity index (χ2v) is 6.32. The number of amides is 3. The van der Waals surface area contributed by atoms with E-state index in [0.717, 1.165) is 19.4 Å². The van der Waals surface area contributed by atoms with Crippen LogP contribution in [0.1, 0.15) is 51.9 Å². The molecule has 0 unspecified atom stereocenters. The van der Waals surface area contributed by atoms with Gasteiger partial charge in [-0.25, -0.2) is 9.59 Å². The summed E-state index contributed by atoms with van der Waals surface area (Å²) < 4.78 is 4.99. The molecule has 2 aliphatic rings. The summed E-state index contributed by atoms with van der Waals surface area (Å²) >= 11 is 0. The Morgan fingerprint density at radius 2 is 1.77 bits per heavy atom. The molecule has 0 aromatic heterocycles. The molecular weight excluding hydrogens is 282 g/mol. The third kappa shape index (κ3) is 5.39. The first-order valence-electron chi connectivity index (χ1n) is 8.65. The molecule has 126 valence electrons. The number of urea groups is 1. The van der Waals surface area contributed by atoms with Gasteiger partial charge in [0, 0.05) is 25.7 Å². The Bertz CT molecular complexity index is 362. The van der Waals surface area contributed by atoms with Gasteiger partial charge in [-0.15, -0.1) is 0 Å². The predicted molar refractivity (Wildman–Crippen MR) is 84.7 cm³/mol. The number of carbonyl (C=O) groups is 2. The molecule has 6 heteroatoms. The van der Waals surface area contributed by atoms with Crippen molar-refractivity contribution in [1.29, 1.82) is 0 Å². The van der Waals surface area contributed by atoms with E-state index in [-0.39, 0.29) is 18.2 Å². The lowest BCUT2D eigenvalue weighted by Gasteiger charge is -2.31. The van der Waals surface area contributed by atoms with Crippen molar-refractivity contribution in [2.24, 2.45) is 5.92 Å². The van der Waals surface area contributed by atoms with Gasteiger partial charge in [0.15, 0.2) is 0 Å². The zero-order chi connectivity index (χ0) is 15.8. The van der Waals surface area contributed by atoms with E-state index >= 15 is 0 Å². The number of ether oxygens (including phenoxy) is 1. The number of carbonyl (C=O) groups excluding carboxylic acids is 2. The number of likely N-dealkylation sites (tertiary alicyclic amines) is 1. The Balaban J connectivity index is 1.60. The molecule has 0 aromatic carbocycles. The fourth-order valence-electron chi connectivity index (χ4n) is 3.29. The molecule has 6 nitrogen and oxygen atoms in total. The standard InChI is InChI=1S/C16H29N3O3/c1-2-22-16(21)19-10-8-14(9-11-19)18-15(20)17-12-13-6-4-3-5-7-13/h13-14H,2-12H2,1H3,(H2,17,18,20). The molecular formula is C16H29N3O3. The van der Waals surface area contributed by atoms with Crippen LogP contribution in [0, 0.1) is 5.92 Å². The van der Waals surface area contributed by atoms with Crippen molar-refractivity contribution in [3.63, 3.8) is 0 Å². The minimum absolute atomic E-state index is 0.0693. The second kappa shape index (κ2) is 8.86. The Morgan fingerprint density at radius 3 is 2.41 bits per heavy atom. The average Bonchev–Trinajstić information content (AvgIpc) is 2.55. The van der Waals surface area contributed by atoms with E-state index in [1.807, 2.05) is 6.92 Å². The fourth-order valence-corrected chi connectivity index (χ4v) is 3.29. The number of piperidine rings is 1. The normalized spacial score (nSPS) is 20.5. The highest BCUT2D eigenvalue weighted by Gasteiger charge is 2.24. The van der Waals surface area contributed by atoms with Crippen LogP contribution in [0.15, 0.2) is 0 Å². The summed E-state index contributed by atoms with van der Waals surface area (Å²) in [5.74, 6) is 0.644. The third-order valence-electron chi connectivity index (χ3n) is 4.63. The summed E-state index contributed by atoms with van der Waals surface area (Å²) in [4.78, 5) is 25.3. The second-order valence-electron chi connectivity index (χ2n) is 6.32. The van der Waals surface area contributed by atoms with Gasteiger partial charge in [0.25, 0.3) is 0 Å². The van der Waals surface area contributed by atoms with Crippen molar-refractivity contribution < 1.29 is 14.3 Å². The van der Waals surface area contributed by atoms with Crippen molar-refractivity contribution in [2.45, 2.75) is 57.9 Å². The van der Waals surface area contributed by atoms with E-state index in [0.29, 0.717) is 25.6 Å². The van der Waals surface area contributed by atoms with Gasteiger partial charge in [-0.1, -0.05) is 19.3 Å². The smallest absolute Gasteiger partial charge is 0.409 e. The molecule has 0 radical (unpaired) electrons. The van der Waals surface area contributed by atoms with E-state index in [1.165, 1.54) is 32.1 Å². The van der Waals surface area contributed by atoms with Crippen LogP contribution >= 0.6 is 0 Å². The van der Waals surface area contributed by atoms with E-state index in [2.05, 4.69) is 10.6 Å². The van der Waals surface area contributed by atoms with Crippen LogP contribution < -0.4 is 10.6 Å². The predicted octanol–water partition coefficient (Wildman–Crippen LogP) is 2.49. The number of nitrogens with zero attached hydrogens (tertiary/aromatic N) is 1. The number of nitrogens with one attached hydrogen (secondary N) is 2. The van der Waals surface area contributed by atoms with Crippen molar-refractivity contribution in [2.75, 3.05) is 26.2 Å². The highest BCUT2D eigenvalue weighted by Crippen LogP contribution is 2.22. The van der Waals surface area contributed by atoms with E-state index in [9.17, 15) is 9.59 Å². The molecule has 0 aromatic rings. The van der Waals surface area contributed by atoms with Crippen LogP contribution in [-0.4, -0.2) is 49.3 Å². The summed E-state index contributed by atoms with van der Waals surface area (Å²) in [6.45, 7) is 4.29. The lowest BCUT2D eigenvalue weighted by Crippen LogP contribution is -2.49. The summed E-state index contributed by atoms with van der Waals surface area (Å²) in [5.41, 5.74) is 0. The third-order valence-corrected chi connectivity index (χ3v) is 4.63. The molecule has 0 bridgehead atoms. The average molecular weight is 311 g/mol. The molecule has 2 N–H and O–H groups in total. The summed E-state index contributed by atoms with van der Waals surface area (Å²) in [5, 5.41) is 6.02. The Kier molecular flexibility index (Phi) is 6.80. The van der Waals surface area contributed by atoms with Gasteiger partial charge in [-0.2, -0.15) is 0 Å². The van der Waals surface area contributed by atoms with Crippen molar-refractivity contribution in [1.82, 2.24) is 15.5 Å². The van der Waals surface area contributed by atoms with Crippen LogP contribution in [0.4, 0.5) is 9.59 Å². The minimum atomic E-state index is -0.247. The first-order valence-corrected chi connectivity index (χ1v) is 8.65. The van der Waals surface area contributed by atoms with Crippen LogP contribution in [0.2, 0.25) is 0 Å². The quantitative estimate of drug-likeness (QED) is 0.838. The largest absolute Gasteiger partial charge is 0.450 e. The fraction of sp³-hybridized carbons (Fsp3) is 0.875. The van der Waals surface area contributed by atoms with E-state index in [4.69, 9.17) is 4.74 Å². The molecule has 1 heterocycles. The molecule has 2 fully saturated rings. The number of hydrogen-bond acceptors (Lipinski definition) is 3. The molecule has 1 saturated carbocycles. The van der Waals surface area contributed by atoms with Crippen LogP contribution in [-0.2, 0) is 4.74 Å². The Hall–Kier alpha value is -1.46. The van der Waals surface area contributed by atoms with Crippen molar-refractivity contribution in [3.05, 3.63) is 0 Å². The van der Waals surface area contributed by atoms with Crippen molar-refractivity contribution in [3.8, 4) is 0 Å². The number of hydrogen-bond donors (Lipinski definition) is 2. The van der Waals surface area contributed by atoms with Gasteiger partial charge >= 0.3 is 12.1 Å². The maximum absolute atomic E-state index is 11.9. The topological polar surface area (TPSA) is 70.7 Å². The Labute approximate surface area is 132 Å². The molecule has 2 rings (SSSR count).